The van der Waals surface area contributed by atoms with Crippen LogP contribution >= 0.6 is 11.6 Å². The van der Waals surface area contributed by atoms with Crippen molar-refractivity contribution in [3.05, 3.63) is 22.6 Å². The van der Waals surface area contributed by atoms with Crippen LogP contribution in [0.4, 0.5) is 15.0 Å². The number of carbonyl (C=O) groups is 2. The van der Waals surface area contributed by atoms with Gasteiger partial charge in [0.05, 0.1) is 5.56 Å². The van der Waals surface area contributed by atoms with Gasteiger partial charge in [0.25, 0.3) is 5.91 Å². The Kier molecular flexibility index (Phi) is 5.02. The second-order valence-electron chi connectivity index (χ2n) is 5.16. The summed E-state index contributed by atoms with van der Waals surface area (Å²) in [6, 6.07) is 0.830. The Bertz CT molecular complexity index is 591. The summed E-state index contributed by atoms with van der Waals surface area (Å²) in [5.74, 6) is -1.59. The number of halogens is 2. The SMILES string of the molecule is NC(=O)c1cc(F)c(NC2CCC(NC(=O)O)CC2)nc1Cl. The Morgan fingerprint density at radius 3 is 2.45 bits per heavy atom. The van der Waals surface area contributed by atoms with Crippen molar-refractivity contribution >= 4 is 29.4 Å². The molecule has 0 saturated heterocycles. The number of primary amides is 1. The summed E-state index contributed by atoms with van der Waals surface area (Å²) in [7, 11) is 0. The molecule has 5 N–H and O–H groups in total. The highest BCUT2D eigenvalue weighted by atomic mass is 35.5. The normalized spacial score (nSPS) is 21.2. The Balaban J connectivity index is 1.99. The first kappa shape index (κ1) is 16.3. The minimum Gasteiger partial charge on any atom is -0.465 e. The number of hydrogen-bond acceptors (Lipinski definition) is 4. The number of nitrogens with two attached hydrogens (primary N) is 1. The zero-order valence-electron chi connectivity index (χ0n) is 11.6. The molecule has 1 aliphatic carbocycles. The largest absolute Gasteiger partial charge is 0.465 e. The maximum absolute atomic E-state index is 13.9. The molecule has 2 amide bonds. The monoisotopic (exact) mass is 330 g/mol. The van der Waals surface area contributed by atoms with Crippen LogP contribution in [0.1, 0.15) is 36.0 Å². The quantitative estimate of drug-likeness (QED) is 0.629. The van der Waals surface area contributed by atoms with Crippen LogP contribution < -0.4 is 16.4 Å². The Morgan fingerprint density at radius 1 is 1.32 bits per heavy atom. The summed E-state index contributed by atoms with van der Waals surface area (Å²) in [5, 5.41) is 13.9. The van der Waals surface area contributed by atoms with E-state index in [1.807, 2.05) is 0 Å². The average Bonchev–Trinajstić information content (AvgIpc) is 2.43. The number of rotatable bonds is 4. The van der Waals surface area contributed by atoms with Crippen LogP contribution in [0, 0.1) is 5.82 Å². The minimum atomic E-state index is -1.04. The number of pyridine rings is 1. The fraction of sp³-hybridized carbons (Fsp3) is 0.462. The number of carbonyl (C=O) groups excluding carboxylic acids is 1. The molecule has 9 heteroatoms. The molecule has 1 aromatic heterocycles. The van der Waals surface area contributed by atoms with Gasteiger partial charge < -0.3 is 21.5 Å². The number of hydrogen-bond donors (Lipinski definition) is 4. The van der Waals surface area contributed by atoms with E-state index in [0.717, 1.165) is 6.07 Å². The number of nitrogens with one attached hydrogen (secondary N) is 2. The lowest BCUT2D eigenvalue weighted by Crippen LogP contribution is -2.39. The van der Waals surface area contributed by atoms with Crippen molar-refractivity contribution in [2.75, 3.05) is 5.32 Å². The summed E-state index contributed by atoms with van der Waals surface area (Å²) < 4.78 is 13.9. The molecule has 0 aromatic carbocycles. The van der Waals surface area contributed by atoms with E-state index < -0.39 is 17.8 Å². The van der Waals surface area contributed by atoms with Gasteiger partial charge >= 0.3 is 6.09 Å². The van der Waals surface area contributed by atoms with E-state index in [1.54, 1.807) is 0 Å². The van der Waals surface area contributed by atoms with Gasteiger partial charge in [0.1, 0.15) is 5.15 Å². The van der Waals surface area contributed by atoms with Crippen LogP contribution in [0.25, 0.3) is 0 Å². The highest BCUT2D eigenvalue weighted by molar-refractivity contribution is 6.32. The molecule has 1 heterocycles. The average molecular weight is 331 g/mol. The summed E-state index contributed by atoms with van der Waals surface area (Å²) in [5.41, 5.74) is 4.90. The van der Waals surface area contributed by atoms with Crippen molar-refractivity contribution in [3.8, 4) is 0 Å². The fourth-order valence-corrected chi connectivity index (χ4v) is 2.72. The number of aromatic nitrogens is 1. The second kappa shape index (κ2) is 6.78. The van der Waals surface area contributed by atoms with Crippen molar-refractivity contribution in [1.82, 2.24) is 10.3 Å². The molecule has 2 rings (SSSR count). The molecule has 1 aliphatic rings. The highest BCUT2D eigenvalue weighted by Gasteiger charge is 2.24. The molecule has 0 aliphatic heterocycles. The molecule has 1 fully saturated rings. The van der Waals surface area contributed by atoms with E-state index in [1.165, 1.54) is 0 Å². The second-order valence-corrected chi connectivity index (χ2v) is 5.52. The highest BCUT2D eigenvalue weighted by Crippen LogP contribution is 2.25. The van der Waals surface area contributed by atoms with E-state index in [4.69, 9.17) is 22.4 Å². The van der Waals surface area contributed by atoms with Crippen LogP contribution in [0.3, 0.4) is 0 Å². The third-order valence-corrected chi connectivity index (χ3v) is 3.88. The van der Waals surface area contributed by atoms with Gasteiger partial charge in [0, 0.05) is 12.1 Å². The van der Waals surface area contributed by atoms with Crippen molar-refractivity contribution in [2.45, 2.75) is 37.8 Å². The molecular weight excluding hydrogens is 315 g/mol. The minimum absolute atomic E-state index is 0.0374. The summed E-state index contributed by atoms with van der Waals surface area (Å²) in [6.45, 7) is 0. The van der Waals surface area contributed by atoms with E-state index in [2.05, 4.69) is 15.6 Å². The molecule has 22 heavy (non-hydrogen) atoms. The van der Waals surface area contributed by atoms with Gasteiger partial charge in [-0.2, -0.15) is 0 Å². The lowest BCUT2D eigenvalue weighted by atomic mass is 9.91. The van der Waals surface area contributed by atoms with Gasteiger partial charge in [-0.3, -0.25) is 4.79 Å². The van der Waals surface area contributed by atoms with Crippen molar-refractivity contribution in [2.24, 2.45) is 5.73 Å². The summed E-state index contributed by atoms with van der Waals surface area (Å²) in [6.07, 6.45) is 1.60. The standard InChI is InChI=1S/C13H16ClFN4O3/c14-10-8(11(16)20)5-9(15)12(19-10)17-6-1-3-7(4-2-6)18-13(21)22/h5-7,18H,1-4H2,(H2,16,20)(H,17,19)(H,21,22). The molecule has 1 saturated carbocycles. The van der Waals surface area contributed by atoms with Crippen molar-refractivity contribution < 1.29 is 19.1 Å². The predicted molar refractivity (Wildman–Crippen MR) is 78.6 cm³/mol. The van der Waals surface area contributed by atoms with Crippen LogP contribution in [-0.4, -0.2) is 34.2 Å². The number of nitrogens with zero attached hydrogens (tertiary/aromatic N) is 1. The molecule has 0 radical (unpaired) electrons. The van der Waals surface area contributed by atoms with E-state index in [9.17, 15) is 14.0 Å². The van der Waals surface area contributed by atoms with E-state index >= 15 is 0 Å². The molecule has 7 nitrogen and oxygen atoms in total. The first-order valence-electron chi connectivity index (χ1n) is 6.78. The van der Waals surface area contributed by atoms with Gasteiger partial charge in [-0.15, -0.1) is 0 Å². The molecule has 0 atom stereocenters. The van der Waals surface area contributed by atoms with Crippen LogP contribution in [0.15, 0.2) is 6.07 Å². The topological polar surface area (TPSA) is 117 Å². The maximum Gasteiger partial charge on any atom is 0.404 e. The van der Waals surface area contributed by atoms with Gasteiger partial charge in [-0.1, -0.05) is 11.6 Å². The fourth-order valence-electron chi connectivity index (χ4n) is 2.49. The number of anilines is 1. The van der Waals surface area contributed by atoms with Gasteiger partial charge in [0.2, 0.25) is 0 Å². The van der Waals surface area contributed by atoms with Crippen LogP contribution in [0.2, 0.25) is 5.15 Å². The molecule has 0 bridgehead atoms. The molecule has 120 valence electrons. The van der Waals surface area contributed by atoms with Crippen LogP contribution in [-0.2, 0) is 0 Å². The van der Waals surface area contributed by atoms with Gasteiger partial charge in [0.15, 0.2) is 11.6 Å². The van der Waals surface area contributed by atoms with Crippen molar-refractivity contribution in [1.29, 1.82) is 0 Å². The lowest BCUT2D eigenvalue weighted by molar-refractivity contribution is 0.0999. The number of amides is 2. The molecule has 0 unspecified atom stereocenters. The molecule has 0 spiro atoms. The third-order valence-electron chi connectivity index (χ3n) is 3.59. The Morgan fingerprint density at radius 2 is 1.91 bits per heavy atom. The first-order chi connectivity index (χ1) is 10.4. The third kappa shape index (κ3) is 3.97. The van der Waals surface area contributed by atoms with Gasteiger partial charge in [-0.05, 0) is 31.7 Å². The van der Waals surface area contributed by atoms with E-state index in [-0.39, 0.29) is 28.6 Å². The lowest BCUT2D eigenvalue weighted by Gasteiger charge is -2.29. The van der Waals surface area contributed by atoms with Crippen molar-refractivity contribution in [3.63, 3.8) is 0 Å². The Hall–Kier alpha value is -2.09. The zero-order valence-corrected chi connectivity index (χ0v) is 12.4. The van der Waals surface area contributed by atoms with Crippen LogP contribution in [0.5, 0.6) is 0 Å². The summed E-state index contributed by atoms with van der Waals surface area (Å²) >= 11 is 5.80. The summed E-state index contributed by atoms with van der Waals surface area (Å²) in [4.78, 5) is 25.4. The Labute approximate surface area is 131 Å². The predicted octanol–water partition coefficient (Wildman–Crippen LogP) is 1.96. The maximum atomic E-state index is 13.9. The first-order valence-corrected chi connectivity index (χ1v) is 7.16. The zero-order chi connectivity index (χ0) is 16.3. The van der Waals surface area contributed by atoms with Gasteiger partial charge in [-0.25, -0.2) is 14.2 Å². The smallest absolute Gasteiger partial charge is 0.404 e. The molecule has 1 aromatic rings. The number of carboxylic acid groups (broad SMARTS) is 1. The van der Waals surface area contributed by atoms with E-state index in [0.29, 0.717) is 25.7 Å². The molecular formula is C13H16ClFN4O3.